The van der Waals surface area contributed by atoms with Crippen molar-refractivity contribution in [2.45, 2.75) is 64.5 Å². The van der Waals surface area contributed by atoms with Crippen LogP contribution < -0.4 is 11.1 Å². The number of primary amides is 1. The fourth-order valence-corrected chi connectivity index (χ4v) is 2.72. The van der Waals surface area contributed by atoms with Crippen molar-refractivity contribution in [2.75, 3.05) is 0 Å². The molecule has 0 aromatic carbocycles. The summed E-state index contributed by atoms with van der Waals surface area (Å²) in [7, 11) is 0. The molecule has 1 amide bonds. The van der Waals surface area contributed by atoms with Crippen molar-refractivity contribution >= 4 is 17.2 Å². The Bertz CT molecular complexity index is 364. The van der Waals surface area contributed by atoms with Crippen LogP contribution in [0.1, 0.15) is 57.2 Å². The van der Waals surface area contributed by atoms with E-state index in [4.69, 9.17) is 5.73 Å². The minimum atomic E-state index is -0.587. The fraction of sp³-hybridized carbons (Fsp3) is 0.667. The molecule has 108 valence electrons. The largest absolute Gasteiger partial charge is 0.368 e. The molecule has 4 heteroatoms. The highest BCUT2D eigenvalue weighted by Crippen LogP contribution is 2.17. The van der Waals surface area contributed by atoms with Gasteiger partial charge in [-0.1, -0.05) is 45.1 Å². The Morgan fingerprint density at radius 2 is 2.11 bits per heavy atom. The van der Waals surface area contributed by atoms with Gasteiger partial charge in [0.2, 0.25) is 5.91 Å². The van der Waals surface area contributed by atoms with Gasteiger partial charge in [0.05, 0.1) is 5.54 Å². The molecule has 0 fully saturated rings. The minimum Gasteiger partial charge on any atom is -0.368 e. The first-order chi connectivity index (χ1) is 9.08. The second-order valence-corrected chi connectivity index (χ2v) is 6.33. The van der Waals surface area contributed by atoms with Crippen molar-refractivity contribution in [2.24, 2.45) is 5.73 Å². The predicted octanol–water partition coefficient (Wildman–Crippen LogP) is 3.44. The van der Waals surface area contributed by atoms with E-state index in [1.54, 1.807) is 11.3 Å². The average Bonchev–Trinajstić information content (AvgIpc) is 2.89. The zero-order chi connectivity index (χ0) is 14.1. The monoisotopic (exact) mass is 282 g/mol. The van der Waals surface area contributed by atoms with Gasteiger partial charge in [0.1, 0.15) is 0 Å². The number of amides is 1. The number of nitrogens with two attached hydrogens (primary N) is 1. The zero-order valence-corrected chi connectivity index (χ0v) is 12.9. The quantitative estimate of drug-likeness (QED) is 0.646. The lowest BCUT2D eigenvalue weighted by atomic mass is 9.93. The summed E-state index contributed by atoms with van der Waals surface area (Å²) in [6, 6.07) is 4.09. The Labute approximate surface area is 120 Å². The summed E-state index contributed by atoms with van der Waals surface area (Å²) < 4.78 is 0. The van der Waals surface area contributed by atoms with E-state index in [-0.39, 0.29) is 5.91 Å². The molecule has 1 aromatic rings. The smallest absolute Gasteiger partial charge is 0.237 e. The SMILES string of the molecule is CCCCCCCC(C)(NCc1cccs1)C(N)=O. The molecule has 1 aromatic heterocycles. The van der Waals surface area contributed by atoms with Gasteiger partial charge in [0.15, 0.2) is 0 Å². The van der Waals surface area contributed by atoms with Crippen molar-refractivity contribution in [3.63, 3.8) is 0 Å². The van der Waals surface area contributed by atoms with Crippen LogP contribution in [-0.4, -0.2) is 11.4 Å². The molecule has 1 rings (SSSR count). The summed E-state index contributed by atoms with van der Waals surface area (Å²) >= 11 is 1.70. The third-order valence-corrected chi connectivity index (χ3v) is 4.43. The van der Waals surface area contributed by atoms with Gasteiger partial charge in [-0.25, -0.2) is 0 Å². The number of unbranched alkanes of at least 4 members (excludes halogenated alkanes) is 4. The Morgan fingerprint density at radius 1 is 1.37 bits per heavy atom. The molecule has 3 N–H and O–H groups in total. The molecule has 0 saturated heterocycles. The van der Waals surface area contributed by atoms with Crippen LogP contribution in [0, 0.1) is 0 Å². The number of carbonyl (C=O) groups is 1. The average molecular weight is 282 g/mol. The third kappa shape index (κ3) is 5.74. The molecule has 3 nitrogen and oxygen atoms in total. The van der Waals surface area contributed by atoms with Crippen molar-refractivity contribution in [1.82, 2.24) is 5.32 Å². The standard InChI is InChI=1S/C15H26N2OS/c1-3-4-5-6-7-10-15(2,14(16)18)17-12-13-9-8-11-19-13/h8-9,11,17H,3-7,10,12H2,1-2H3,(H2,16,18). The lowest BCUT2D eigenvalue weighted by Gasteiger charge is -2.27. The predicted molar refractivity (Wildman–Crippen MR) is 82.1 cm³/mol. The van der Waals surface area contributed by atoms with Gasteiger partial charge in [-0.05, 0) is 24.8 Å². The van der Waals surface area contributed by atoms with Crippen LogP contribution in [0.5, 0.6) is 0 Å². The third-order valence-electron chi connectivity index (χ3n) is 3.56. The van der Waals surface area contributed by atoms with E-state index in [2.05, 4.69) is 18.3 Å². The molecule has 1 heterocycles. The number of carbonyl (C=O) groups excluding carboxylic acids is 1. The highest BCUT2D eigenvalue weighted by molar-refractivity contribution is 7.09. The number of thiophene rings is 1. The van der Waals surface area contributed by atoms with Crippen molar-refractivity contribution in [1.29, 1.82) is 0 Å². The topological polar surface area (TPSA) is 55.1 Å². The summed E-state index contributed by atoms with van der Waals surface area (Å²) in [4.78, 5) is 12.9. The lowest BCUT2D eigenvalue weighted by molar-refractivity contribution is -0.124. The Kier molecular flexibility index (Phi) is 7.10. The van der Waals surface area contributed by atoms with E-state index in [1.165, 1.54) is 30.6 Å². The van der Waals surface area contributed by atoms with E-state index in [1.807, 2.05) is 18.4 Å². The molecular formula is C15H26N2OS. The van der Waals surface area contributed by atoms with Gasteiger partial charge in [-0.2, -0.15) is 0 Å². The highest BCUT2D eigenvalue weighted by atomic mass is 32.1. The zero-order valence-electron chi connectivity index (χ0n) is 12.1. The molecule has 0 saturated carbocycles. The summed E-state index contributed by atoms with van der Waals surface area (Å²) in [5, 5.41) is 5.37. The normalized spacial score (nSPS) is 14.2. The fourth-order valence-electron chi connectivity index (χ4n) is 2.08. The van der Waals surface area contributed by atoms with Crippen LogP contribution in [0.2, 0.25) is 0 Å². The molecule has 0 aliphatic heterocycles. The van der Waals surface area contributed by atoms with Gasteiger partial charge >= 0.3 is 0 Å². The maximum absolute atomic E-state index is 11.7. The Hall–Kier alpha value is -0.870. The molecule has 0 aliphatic carbocycles. The van der Waals surface area contributed by atoms with Crippen LogP contribution in [0.25, 0.3) is 0 Å². The lowest BCUT2D eigenvalue weighted by Crippen LogP contribution is -2.52. The van der Waals surface area contributed by atoms with Crippen molar-refractivity contribution in [3.05, 3.63) is 22.4 Å². The first-order valence-electron chi connectivity index (χ1n) is 7.16. The minimum absolute atomic E-state index is 0.250. The number of hydrogen-bond donors (Lipinski definition) is 2. The van der Waals surface area contributed by atoms with Crippen LogP contribution in [0.3, 0.4) is 0 Å². The number of rotatable bonds is 10. The van der Waals surface area contributed by atoms with Crippen LogP contribution in [0.15, 0.2) is 17.5 Å². The summed E-state index contributed by atoms with van der Waals surface area (Å²) in [6.45, 7) is 4.84. The van der Waals surface area contributed by atoms with E-state index >= 15 is 0 Å². The van der Waals surface area contributed by atoms with Crippen LogP contribution in [0.4, 0.5) is 0 Å². The van der Waals surface area contributed by atoms with E-state index in [9.17, 15) is 4.79 Å². The van der Waals surface area contributed by atoms with E-state index in [0.717, 1.165) is 12.8 Å². The summed E-state index contributed by atoms with van der Waals surface area (Å²) in [5.74, 6) is -0.250. The molecule has 0 aliphatic rings. The van der Waals surface area contributed by atoms with Crippen molar-refractivity contribution < 1.29 is 4.79 Å². The van der Waals surface area contributed by atoms with Crippen molar-refractivity contribution in [3.8, 4) is 0 Å². The van der Waals surface area contributed by atoms with Gasteiger partial charge in [-0.3, -0.25) is 10.1 Å². The molecule has 19 heavy (non-hydrogen) atoms. The molecule has 0 spiro atoms. The van der Waals surface area contributed by atoms with Gasteiger partial charge < -0.3 is 5.73 Å². The van der Waals surface area contributed by atoms with Crippen LogP contribution >= 0.6 is 11.3 Å². The second-order valence-electron chi connectivity index (χ2n) is 5.29. The summed E-state index contributed by atoms with van der Waals surface area (Å²) in [5.41, 5.74) is 4.97. The van der Waals surface area contributed by atoms with Crippen LogP contribution in [-0.2, 0) is 11.3 Å². The maximum Gasteiger partial charge on any atom is 0.237 e. The first kappa shape index (κ1) is 16.2. The Balaban J connectivity index is 2.38. The van der Waals surface area contributed by atoms with Gasteiger partial charge in [0, 0.05) is 11.4 Å². The summed E-state index contributed by atoms with van der Waals surface area (Å²) in [6.07, 6.45) is 6.81. The van der Waals surface area contributed by atoms with E-state index in [0.29, 0.717) is 6.54 Å². The first-order valence-corrected chi connectivity index (χ1v) is 8.04. The molecular weight excluding hydrogens is 256 g/mol. The van der Waals surface area contributed by atoms with Gasteiger partial charge in [0.25, 0.3) is 0 Å². The maximum atomic E-state index is 11.7. The number of hydrogen-bond acceptors (Lipinski definition) is 3. The van der Waals surface area contributed by atoms with E-state index < -0.39 is 5.54 Å². The molecule has 0 radical (unpaired) electrons. The molecule has 1 atom stereocenters. The molecule has 0 bridgehead atoms. The highest BCUT2D eigenvalue weighted by Gasteiger charge is 2.29. The Morgan fingerprint density at radius 3 is 2.68 bits per heavy atom. The van der Waals surface area contributed by atoms with Gasteiger partial charge in [-0.15, -0.1) is 11.3 Å². The second kappa shape index (κ2) is 8.33. The molecule has 1 unspecified atom stereocenters. The number of nitrogens with one attached hydrogen (secondary N) is 1.